The van der Waals surface area contributed by atoms with Crippen molar-refractivity contribution in [2.45, 2.75) is 33.9 Å². The van der Waals surface area contributed by atoms with Crippen LogP contribution in [0.2, 0.25) is 0 Å². The highest BCUT2D eigenvalue weighted by Crippen LogP contribution is 2.35. The van der Waals surface area contributed by atoms with Crippen molar-refractivity contribution in [3.8, 4) is 22.3 Å². The van der Waals surface area contributed by atoms with Crippen LogP contribution in [0.1, 0.15) is 33.9 Å². The Hall–Kier alpha value is -4.33. The SMILES string of the molecule is C=CC(=O)Nc1cccc(-c2cnc3c(c2)c(-c2ccnc(F)c2)cn3C(C)OC(=O)C(C)(C)C)c1. The molecule has 1 atom stereocenters. The first-order valence-electron chi connectivity index (χ1n) is 11.4. The fourth-order valence-electron chi connectivity index (χ4n) is 3.72. The van der Waals surface area contributed by atoms with E-state index in [4.69, 9.17) is 4.74 Å². The van der Waals surface area contributed by atoms with Crippen molar-refractivity contribution in [1.82, 2.24) is 14.5 Å². The molecule has 0 aliphatic rings. The van der Waals surface area contributed by atoms with Crippen LogP contribution >= 0.6 is 0 Å². The van der Waals surface area contributed by atoms with E-state index in [2.05, 4.69) is 21.9 Å². The van der Waals surface area contributed by atoms with E-state index < -0.39 is 17.6 Å². The second-order valence-electron chi connectivity index (χ2n) is 9.44. The number of hydrogen-bond donors (Lipinski definition) is 1. The number of carbonyl (C=O) groups is 2. The number of rotatable bonds is 6. The summed E-state index contributed by atoms with van der Waals surface area (Å²) in [5, 5.41) is 3.50. The fourth-order valence-corrected chi connectivity index (χ4v) is 3.72. The third-order valence-corrected chi connectivity index (χ3v) is 5.64. The molecular weight excluding hydrogens is 459 g/mol. The monoisotopic (exact) mass is 486 g/mol. The third-order valence-electron chi connectivity index (χ3n) is 5.64. The zero-order chi connectivity index (χ0) is 26.0. The van der Waals surface area contributed by atoms with E-state index in [1.807, 2.05) is 24.3 Å². The minimum Gasteiger partial charge on any atom is -0.441 e. The predicted octanol–water partition coefficient (Wildman–Crippen LogP) is 6.14. The molecule has 0 bridgehead atoms. The normalized spacial score (nSPS) is 12.2. The molecule has 8 heteroatoms. The van der Waals surface area contributed by atoms with Crippen LogP contribution in [0.3, 0.4) is 0 Å². The number of benzene rings is 1. The standard InChI is InChI=1S/C28H27FN4O3/c1-6-25(34)32-21-9-7-8-18(12-21)20-13-22-23(19-10-11-30-24(29)14-19)16-33(26(22)31-15-20)17(2)36-27(35)28(3,4)5/h6-17H,1H2,2-5H3,(H,32,34). The van der Waals surface area contributed by atoms with Gasteiger partial charge in [-0.2, -0.15) is 4.39 Å². The Morgan fingerprint density at radius 1 is 1.11 bits per heavy atom. The van der Waals surface area contributed by atoms with Crippen LogP contribution in [0.5, 0.6) is 0 Å². The van der Waals surface area contributed by atoms with Gasteiger partial charge in [-0.1, -0.05) is 18.7 Å². The van der Waals surface area contributed by atoms with Gasteiger partial charge in [-0.25, -0.2) is 9.97 Å². The molecule has 1 aromatic carbocycles. The van der Waals surface area contributed by atoms with Gasteiger partial charge < -0.3 is 10.1 Å². The van der Waals surface area contributed by atoms with Crippen molar-refractivity contribution < 1.29 is 18.7 Å². The topological polar surface area (TPSA) is 86.1 Å². The highest BCUT2D eigenvalue weighted by Gasteiger charge is 2.26. The average molecular weight is 487 g/mol. The molecule has 3 heterocycles. The maximum Gasteiger partial charge on any atom is 0.313 e. The summed E-state index contributed by atoms with van der Waals surface area (Å²) < 4.78 is 21.5. The van der Waals surface area contributed by atoms with E-state index in [9.17, 15) is 14.0 Å². The van der Waals surface area contributed by atoms with Crippen molar-refractivity contribution >= 4 is 28.6 Å². The summed E-state index contributed by atoms with van der Waals surface area (Å²) in [6, 6.07) is 12.4. The smallest absolute Gasteiger partial charge is 0.313 e. The molecule has 36 heavy (non-hydrogen) atoms. The van der Waals surface area contributed by atoms with Gasteiger partial charge in [-0.05, 0) is 69.2 Å². The highest BCUT2D eigenvalue weighted by molar-refractivity contribution is 6.00. The Balaban J connectivity index is 1.83. The Bertz CT molecular complexity index is 1470. The average Bonchev–Trinajstić information content (AvgIpc) is 3.22. The van der Waals surface area contributed by atoms with Crippen molar-refractivity contribution in [2.24, 2.45) is 5.41 Å². The lowest BCUT2D eigenvalue weighted by Crippen LogP contribution is -2.26. The number of carbonyl (C=O) groups excluding carboxylic acids is 2. The third kappa shape index (κ3) is 5.17. The molecule has 1 unspecified atom stereocenters. The number of aromatic nitrogens is 3. The predicted molar refractivity (Wildman–Crippen MR) is 137 cm³/mol. The molecule has 4 rings (SSSR count). The van der Waals surface area contributed by atoms with Crippen molar-refractivity contribution in [1.29, 1.82) is 0 Å². The number of hydrogen-bond acceptors (Lipinski definition) is 5. The van der Waals surface area contributed by atoms with Gasteiger partial charge in [-0.3, -0.25) is 14.2 Å². The summed E-state index contributed by atoms with van der Waals surface area (Å²) in [4.78, 5) is 32.6. The second-order valence-corrected chi connectivity index (χ2v) is 9.44. The minimum atomic E-state index is -0.666. The lowest BCUT2D eigenvalue weighted by atomic mass is 9.97. The van der Waals surface area contributed by atoms with Gasteiger partial charge in [0, 0.05) is 46.9 Å². The summed E-state index contributed by atoms with van der Waals surface area (Å²) >= 11 is 0. The number of halogens is 1. The summed E-state index contributed by atoms with van der Waals surface area (Å²) in [6.45, 7) is 10.6. The Morgan fingerprint density at radius 2 is 1.89 bits per heavy atom. The number of ether oxygens (including phenoxy) is 1. The van der Waals surface area contributed by atoms with Crippen molar-refractivity contribution in [3.63, 3.8) is 0 Å². The van der Waals surface area contributed by atoms with Gasteiger partial charge >= 0.3 is 5.97 Å². The molecule has 0 radical (unpaired) electrons. The summed E-state index contributed by atoms with van der Waals surface area (Å²) in [5.74, 6) is -1.25. The molecule has 0 saturated carbocycles. The molecule has 0 spiro atoms. The van der Waals surface area contributed by atoms with E-state index in [1.165, 1.54) is 18.3 Å². The van der Waals surface area contributed by atoms with Crippen LogP contribution in [-0.2, 0) is 14.3 Å². The Kier molecular flexibility index (Phi) is 6.70. The Labute approximate surface area is 208 Å². The maximum atomic E-state index is 14.0. The molecule has 0 aliphatic heterocycles. The molecule has 7 nitrogen and oxygen atoms in total. The number of fused-ring (bicyclic) bond motifs is 1. The van der Waals surface area contributed by atoms with Crippen LogP contribution in [0.25, 0.3) is 33.3 Å². The van der Waals surface area contributed by atoms with Crippen LogP contribution in [-0.4, -0.2) is 26.4 Å². The van der Waals surface area contributed by atoms with Crippen molar-refractivity contribution in [2.75, 3.05) is 5.32 Å². The highest BCUT2D eigenvalue weighted by atomic mass is 19.1. The van der Waals surface area contributed by atoms with E-state index >= 15 is 0 Å². The number of nitrogens with zero attached hydrogens (tertiary/aromatic N) is 3. The first kappa shape index (κ1) is 24.8. The summed E-state index contributed by atoms with van der Waals surface area (Å²) in [6.07, 6.45) is 5.48. The van der Waals surface area contributed by atoms with Crippen LogP contribution in [0.4, 0.5) is 10.1 Å². The van der Waals surface area contributed by atoms with Gasteiger partial charge in [0.25, 0.3) is 0 Å². The van der Waals surface area contributed by atoms with Gasteiger partial charge in [-0.15, -0.1) is 0 Å². The fraction of sp³-hybridized carbons (Fsp3) is 0.214. The second kappa shape index (κ2) is 9.73. The number of esters is 1. The number of anilines is 1. The number of nitrogens with one attached hydrogen (secondary N) is 1. The van der Waals surface area contributed by atoms with E-state index in [0.717, 1.165) is 22.1 Å². The van der Waals surface area contributed by atoms with E-state index in [1.54, 1.807) is 56.8 Å². The summed E-state index contributed by atoms with van der Waals surface area (Å²) in [5.41, 5.74) is 3.50. The number of pyridine rings is 2. The molecule has 0 fully saturated rings. The van der Waals surface area contributed by atoms with Gasteiger partial charge in [0.15, 0.2) is 6.23 Å². The Morgan fingerprint density at radius 3 is 2.58 bits per heavy atom. The molecule has 1 N–H and O–H groups in total. The van der Waals surface area contributed by atoms with Crippen LogP contribution in [0, 0.1) is 11.4 Å². The minimum absolute atomic E-state index is 0.307. The van der Waals surface area contributed by atoms with Crippen molar-refractivity contribution in [3.05, 3.63) is 79.7 Å². The van der Waals surface area contributed by atoms with E-state index in [-0.39, 0.29) is 11.9 Å². The molecule has 1 amide bonds. The first-order valence-corrected chi connectivity index (χ1v) is 11.4. The molecular formula is C28H27FN4O3. The van der Waals surface area contributed by atoms with E-state index in [0.29, 0.717) is 16.9 Å². The van der Waals surface area contributed by atoms with Crippen LogP contribution < -0.4 is 5.32 Å². The molecule has 4 aromatic rings. The van der Waals surface area contributed by atoms with Gasteiger partial charge in [0.05, 0.1) is 5.41 Å². The molecule has 0 aliphatic carbocycles. The van der Waals surface area contributed by atoms with Crippen LogP contribution in [0.15, 0.2) is 73.7 Å². The first-order chi connectivity index (χ1) is 17.1. The zero-order valence-corrected chi connectivity index (χ0v) is 20.6. The molecule has 0 saturated heterocycles. The van der Waals surface area contributed by atoms with Gasteiger partial charge in [0.1, 0.15) is 5.65 Å². The quantitative estimate of drug-likeness (QED) is 0.201. The lowest BCUT2D eigenvalue weighted by Gasteiger charge is -2.22. The lowest BCUT2D eigenvalue weighted by molar-refractivity contribution is -0.162. The zero-order valence-electron chi connectivity index (χ0n) is 20.6. The van der Waals surface area contributed by atoms with Gasteiger partial charge in [0.2, 0.25) is 11.9 Å². The maximum absolute atomic E-state index is 14.0. The molecule has 184 valence electrons. The summed E-state index contributed by atoms with van der Waals surface area (Å²) in [7, 11) is 0. The number of amides is 1. The largest absolute Gasteiger partial charge is 0.441 e. The molecule has 3 aromatic heterocycles.